The second-order valence-electron chi connectivity index (χ2n) is 5.50. The van der Waals surface area contributed by atoms with Crippen LogP contribution in [0.3, 0.4) is 0 Å². The first-order valence-electron chi connectivity index (χ1n) is 7.14. The Morgan fingerprint density at radius 2 is 1.86 bits per heavy atom. The Hall–Kier alpha value is -2.39. The summed E-state index contributed by atoms with van der Waals surface area (Å²) in [7, 11) is 0. The highest BCUT2D eigenvalue weighted by molar-refractivity contribution is 7.10. The second-order valence-corrected chi connectivity index (χ2v) is 6.45. The van der Waals surface area contributed by atoms with Crippen molar-refractivity contribution in [2.45, 2.75) is 12.0 Å². The molecule has 2 heterocycles. The van der Waals surface area contributed by atoms with Crippen molar-refractivity contribution >= 4 is 28.1 Å². The van der Waals surface area contributed by atoms with Crippen molar-refractivity contribution in [3.8, 4) is 0 Å². The molecule has 1 atom stereocenters. The van der Waals surface area contributed by atoms with E-state index in [0.29, 0.717) is 12.0 Å². The number of cyclic esters (lactones) is 1. The Labute approximate surface area is 132 Å². The predicted octanol–water partition coefficient (Wildman–Crippen LogP) is 4.65. The summed E-state index contributed by atoms with van der Waals surface area (Å²) in [5.74, 6) is -0.304. The molecule has 0 spiro atoms. The molecular formula is C19H14O2S. The van der Waals surface area contributed by atoms with Gasteiger partial charge in [0.2, 0.25) is 0 Å². The number of ether oxygens (including phenoxy) is 1. The molecule has 1 aliphatic rings. The summed E-state index contributed by atoms with van der Waals surface area (Å²) in [5, 5.41) is 4.27. The lowest BCUT2D eigenvalue weighted by molar-refractivity contribution is -0.143. The van der Waals surface area contributed by atoms with E-state index >= 15 is 0 Å². The molecule has 3 heteroatoms. The normalized spacial score (nSPS) is 21.3. The molecule has 3 aromatic rings. The summed E-state index contributed by atoms with van der Waals surface area (Å²) in [4.78, 5) is 13.1. The first-order chi connectivity index (χ1) is 10.7. The number of esters is 1. The highest BCUT2D eigenvalue weighted by Crippen LogP contribution is 2.48. The van der Waals surface area contributed by atoms with Crippen LogP contribution in [0.25, 0.3) is 10.8 Å². The van der Waals surface area contributed by atoms with Crippen LogP contribution in [0.5, 0.6) is 0 Å². The fourth-order valence-electron chi connectivity index (χ4n) is 3.15. The minimum Gasteiger partial charge on any atom is -0.445 e. The lowest BCUT2D eigenvalue weighted by atomic mass is 9.85. The van der Waals surface area contributed by atoms with Gasteiger partial charge in [-0.1, -0.05) is 55.1 Å². The van der Waals surface area contributed by atoms with Gasteiger partial charge < -0.3 is 4.74 Å². The van der Waals surface area contributed by atoms with Crippen LogP contribution in [0.1, 0.15) is 16.9 Å². The molecule has 0 amide bonds. The monoisotopic (exact) mass is 306 g/mol. The summed E-state index contributed by atoms with van der Waals surface area (Å²) in [6.07, 6.45) is 0.500. The van der Waals surface area contributed by atoms with E-state index in [1.807, 2.05) is 41.8 Å². The predicted molar refractivity (Wildman–Crippen MR) is 88.9 cm³/mol. The van der Waals surface area contributed by atoms with Gasteiger partial charge in [0.15, 0.2) is 5.60 Å². The van der Waals surface area contributed by atoms with Gasteiger partial charge in [0, 0.05) is 17.6 Å². The Kier molecular flexibility index (Phi) is 2.91. The zero-order valence-corrected chi connectivity index (χ0v) is 12.7. The minimum atomic E-state index is -0.747. The van der Waals surface area contributed by atoms with Gasteiger partial charge in [0.1, 0.15) is 0 Å². The number of benzene rings is 2. The molecule has 0 N–H and O–H groups in total. The van der Waals surface area contributed by atoms with Crippen molar-refractivity contribution in [1.29, 1.82) is 0 Å². The standard InChI is InChI=1S/C19H14O2S/c1-13-12-19(21-18(13)20,17-10-5-11-22-17)16-9-4-7-14-6-2-3-8-15(14)16/h2-11H,1,12H2. The number of fused-ring (bicyclic) bond motifs is 1. The van der Waals surface area contributed by atoms with Crippen LogP contribution in [0.4, 0.5) is 0 Å². The summed E-state index contributed by atoms with van der Waals surface area (Å²) in [6, 6.07) is 18.3. The van der Waals surface area contributed by atoms with Gasteiger partial charge in [-0.25, -0.2) is 4.79 Å². The molecule has 0 aliphatic carbocycles. The SMILES string of the molecule is C=C1CC(c2cccs2)(c2cccc3ccccc23)OC1=O. The molecule has 1 aliphatic heterocycles. The molecule has 1 saturated heterocycles. The number of rotatable bonds is 2. The van der Waals surface area contributed by atoms with Crippen molar-refractivity contribution < 1.29 is 9.53 Å². The van der Waals surface area contributed by atoms with Crippen molar-refractivity contribution in [3.63, 3.8) is 0 Å². The lowest BCUT2D eigenvalue weighted by Crippen LogP contribution is -2.26. The molecule has 1 fully saturated rings. The van der Waals surface area contributed by atoms with Crippen molar-refractivity contribution in [2.24, 2.45) is 0 Å². The topological polar surface area (TPSA) is 26.3 Å². The summed E-state index contributed by atoms with van der Waals surface area (Å²) >= 11 is 1.61. The van der Waals surface area contributed by atoms with Gasteiger partial charge in [0.25, 0.3) is 0 Å². The molecule has 0 saturated carbocycles. The Morgan fingerprint density at radius 3 is 2.59 bits per heavy atom. The van der Waals surface area contributed by atoms with Crippen LogP contribution >= 0.6 is 11.3 Å². The Balaban J connectivity index is 2.03. The van der Waals surface area contributed by atoms with Crippen LogP contribution in [0, 0.1) is 0 Å². The van der Waals surface area contributed by atoms with Gasteiger partial charge in [-0.05, 0) is 22.2 Å². The van der Waals surface area contributed by atoms with Crippen molar-refractivity contribution in [3.05, 3.63) is 82.6 Å². The molecule has 22 heavy (non-hydrogen) atoms. The second kappa shape index (κ2) is 4.82. The number of hydrogen-bond donors (Lipinski definition) is 0. The van der Waals surface area contributed by atoms with E-state index in [0.717, 1.165) is 21.2 Å². The molecule has 1 unspecified atom stereocenters. The maximum Gasteiger partial charge on any atom is 0.334 e. The first-order valence-corrected chi connectivity index (χ1v) is 8.02. The fourth-order valence-corrected chi connectivity index (χ4v) is 4.02. The molecule has 4 rings (SSSR count). The van der Waals surface area contributed by atoms with E-state index in [1.54, 1.807) is 11.3 Å². The number of carbonyl (C=O) groups excluding carboxylic acids is 1. The van der Waals surface area contributed by atoms with E-state index in [4.69, 9.17) is 4.74 Å². The maximum absolute atomic E-state index is 12.1. The van der Waals surface area contributed by atoms with Crippen molar-refractivity contribution in [2.75, 3.05) is 0 Å². The average Bonchev–Trinajstić information content (AvgIpc) is 3.17. The van der Waals surface area contributed by atoms with E-state index in [9.17, 15) is 4.79 Å². The van der Waals surface area contributed by atoms with E-state index in [1.165, 1.54) is 0 Å². The van der Waals surface area contributed by atoms with Crippen LogP contribution in [0.2, 0.25) is 0 Å². The van der Waals surface area contributed by atoms with Crippen LogP contribution in [-0.2, 0) is 15.1 Å². The summed E-state index contributed by atoms with van der Waals surface area (Å²) in [6.45, 7) is 3.88. The average molecular weight is 306 g/mol. The van der Waals surface area contributed by atoms with E-state index in [-0.39, 0.29) is 5.97 Å². The van der Waals surface area contributed by atoms with Crippen molar-refractivity contribution in [1.82, 2.24) is 0 Å². The smallest absolute Gasteiger partial charge is 0.334 e. The van der Waals surface area contributed by atoms with Gasteiger partial charge in [-0.2, -0.15) is 0 Å². The van der Waals surface area contributed by atoms with Gasteiger partial charge in [-0.15, -0.1) is 11.3 Å². The molecule has 0 radical (unpaired) electrons. The zero-order valence-electron chi connectivity index (χ0n) is 11.9. The van der Waals surface area contributed by atoms with Crippen LogP contribution in [0.15, 0.2) is 72.1 Å². The molecule has 2 aromatic carbocycles. The van der Waals surface area contributed by atoms with Gasteiger partial charge in [-0.3, -0.25) is 0 Å². The molecule has 2 nitrogen and oxygen atoms in total. The van der Waals surface area contributed by atoms with Gasteiger partial charge >= 0.3 is 5.97 Å². The van der Waals surface area contributed by atoms with Crippen LogP contribution < -0.4 is 0 Å². The fraction of sp³-hybridized carbons (Fsp3) is 0.105. The Morgan fingerprint density at radius 1 is 1.05 bits per heavy atom. The minimum absolute atomic E-state index is 0.304. The summed E-state index contributed by atoms with van der Waals surface area (Å²) < 4.78 is 5.87. The largest absolute Gasteiger partial charge is 0.445 e. The third kappa shape index (κ3) is 1.82. The highest BCUT2D eigenvalue weighted by Gasteiger charge is 2.47. The number of thiophene rings is 1. The highest BCUT2D eigenvalue weighted by atomic mass is 32.1. The molecule has 108 valence electrons. The lowest BCUT2D eigenvalue weighted by Gasteiger charge is -2.28. The zero-order chi connectivity index (χ0) is 15.2. The quantitative estimate of drug-likeness (QED) is 0.509. The molecular weight excluding hydrogens is 292 g/mol. The number of hydrogen-bond acceptors (Lipinski definition) is 3. The third-order valence-corrected chi connectivity index (χ3v) is 5.17. The number of carbonyl (C=O) groups is 1. The van der Waals surface area contributed by atoms with Gasteiger partial charge in [0.05, 0.1) is 4.88 Å². The summed E-state index contributed by atoms with van der Waals surface area (Å²) in [5.41, 5.74) is 0.810. The Bertz CT molecular complexity index is 856. The maximum atomic E-state index is 12.1. The van der Waals surface area contributed by atoms with E-state index < -0.39 is 5.60 Å². The van der Waals surface area contributed by atoms with E-state index in [2.05, 4.69) is 24.8 Å². The molecule has 0 bridgehead atoms. The van der Waals surface area contributed by atoms with Crippen LogP contribution in [-0.4, -0.2) is 5.97 Å². The first kappa shape index (κ1) is 13.3. The molecule has 1 aromatic heterocycles. The third-order valence-electron chi connectivity index (χ3n) is 4.16.